The number of hydrogen-bond acceptors (Lipinski definition) is 4. The van der Waals surface area contributed by atoms with Crippen LogP contribution in [0.1, 0.15) is 11.1 Å². The van der Waals surface area contributed by atoms with E-state index < -0.39 is 0 Å². The summed E-state index contributed by atoms with van der Waals surface area (Å²) < 4.78 is 7.42. The molecule has 0 saturated carbocycles. The van der Waals surface area contributed by atoms with Gasteiger partial charge < -0.3 is 9.09 Å². The van der Waals surface area contributed by atoms with Gasteiger partial charge in [-0.25, -0.2) is 4.98 Å². The van der Waals surface area contributed by atoms with E-state index in [4.69, 9.17) is 4.52 Å². The van der Waals surface area contributed by atoms with Crippen molar-refractivity contribution < 1.29 is 4.52 Å². The third-order valence-corrected chi connectivity index (χ3v) is 4.16. The molecule has 0 amide bonds. The number of fused-ring (bicyclic) bond motifs is 1. The zero-order chi connectivity index (χ0) is 16.0. The molecule has 5 heteroatoms. The van der Waals surface area contributed by atoms with Crippen molar-refractivity contribution in [2.75, 3.05) is 0 Å². The second-order valence-electron chi connectivity index (χ2n) is 5.78. The second-order valence-corrected chi connectivity index (χ2v) is 5.78. The van der Waals surface area contributed by atoms with E-state index in [2.05, 4.69) is 41.1 Å². The molecule has 0 saturated heterocycles. The molecule has 0 N–H and O–H groups in total. The Morgan fingerprint density at radius 3 is 2.61 bits per heavy atom. The van der Waals surface area contributed by atoms with Gasteiger partial charge in [-0.15, -0.1) is 0 Å². The van der Waals surface area contributed by atoms with E-state index >= 15 is 0 Å². The Kier molecular flexibility index (Phi) is 3.01. The van der Waals surface area contributed by atoms with Gasteiger partial charge in [0.1, 0.15) is 0 Å². The van der Waals surface area contributed by atoms with Crippen LogP contribution in [0, 0.1) is 13.8 Å². The fourth-order valence-corrected chi connectivity index (χ4v) is 2.60. The molecule has 5 nitrogen and oxygen atoms in total. The molecule has 4 rings (SSSR count). The molecule has 4 aromatic rings. The molecule has 0 aliphatic heterocycles. The summed E-state index contributed by atoms with van der Waals surface area (Å²) in [6.07, 6.45) is 1.80. The summed E-state index contributed by atoms with van der Waals surface area (Å²) in [4.78, 5) is 8.86. The molecule has 0 fully saturated rings. The van der Waals surface area contributed by atoms with E-state index in [-0.39, 0.29) is 0 Å². The van der Waals surface area contributed by atoms with Gasteiger partial charge in [-0.2, -0.15) is 4.98 Å². The zero-order valence-corrected chi connectivity index (χ0v) is 13.2. The third-order valence-electron chi connectivity index (χ3n) is 4.16. The number of hydrogen-bond donors (Lipinski definition) is 0. The quantitative estimate of drug-likeness (QED) is 0.563. The fraction of sp³-hybridized carbons (Fsp3) is 0.167. The van der Waals surface area contributed by atoms with Crippen LogP contribution in [-0.2, 0) is 7.05 Å². The number of aromatic nitrogens is 4. The SMILES string of the molecule is Cc1ccc(-c2nc(-c3ccc4ncn(C)c4c3)no2)cc1C. The van der Waals surface area contributed by atoms with Crippen LogP contribution in [0.3, 0.4) is 0 Å². The first-order valence-electron chi connectivity index (χ1n) is 7.44. The molecule has 2 aromatic heterocycles. The van der Waals surface area contributed by atoms with Crippen molar-refractivity contribution in [1.29, 1.82) is 0 Å². The van der Waals surface area contributed by atoms with E-state index in [0.29, 0.717) is 11.7 Å². The highest BCUT2D eigenvalue weighted by Gasteiger charge is 2.12. The van der Waals surface area contributed by atoms with E-state index in [9.17, 15) is 0 Å². The maximum absolute atomic E-state index is 5.44. The number of nitrogens with zero attached hydrogens (tertiary/aromatic N) is 4. The van der Waals surface area contributed by atoms with Gasteiger partial charge in [0.05, 0.1) is 17.4 Å². The Morgan fingerprint density at radius 1 is 0.957 bits per heavy atom. The zero-order valence-electron chi connectivity index (χ0n) is 13.2. The smallest absolute Gasteiger partial charge is 0.258 e. The predicted octanol–water partition coefficient (Wildman–Crippen LogP) is 3.91. The minimum absolute atomic E-state index is 0.535. The largest absolute Gasteiger partial charge is 0.334 e. The maximum Gasteiger partial charge on any atom is 0.258 e. The summed E-state index contributed by atoms with van der Waals surface area (Å²) >= 11 is 0. The molecule has 0 unspecified atom stereocenters. The van der Waals surface area contributed by atoms with Gasteiger partial charge >= 0.3 is 0 Å². The van der Waals surface area contributed by atoms with Gasteiger partial charge in [0.25, 0.3) is 5.89 Å². The summed E-state index contributed by atoms with van der Waals surface area (Å²) in [5.74, 6) is 1.12. The van der Waals surface area contributed by atoms with Crippen molar-refractivity contribution in [1.82, 2.24) is 19.7 Å². The van der Waals surface area contributed by atoms with Gasteiger partial charge in [-0.3, -0.25) is 0 Å². The molecule has 2 aromatic carbocycles. The molecule has 0 spiro atoms. The molecule has 0 atom stereocenters. The van der Waals surface area contributed by atoms with Crippen molar-refractivity contribution in [2.45, 2.75) is 13.8 Å². The molecule has 2 heterocycles. The molecule has 23 heavy (non-hydrogen) atoms. The van der Waals surface area contributed by atoms with Crippen LogP contribution in [0.4, 0.5) is 0 Å². The maximum atomic E-state index is 5.44. The van der Waals surface area contributed by atoms with Crippen molar-refractivity contribution >= 4 is 11.0 Å². The summed E-state index contributed by atoms with van der Waals surface area (Å²) in [6.45, 7) is 4.16. The minimum atomic E-state index is 0.535. The summed E-state index contributed by atoms with van der Waals surface area (Å²) in [7, 11) is 1.97. The Morgan fingerprint density at radius 2 is 1.78 bits per heavy atom. The van der Waals surface area contributed by atoms with E-state index in [1.54, 1.807) is 6.33 Å². The molecule has 114 valence electrons. The van der Waals surface area contributed by atoms with Crippen LogP contribution in [0.25, 0.3) is 33.9 Å². The van der Waals surface area contributed by atoms with Crippen LogP contribution >= 0.6 is 0 Å². The number of rotatable bonds is 2. The third kappa shape index (κ3) is 2.30. The van der Waals surface area contributed by atoms with Crippen molar-refractivity contribution in [3.8, 4) is 22.8 Å². The monoisotopic (exact) mass is 304 g/mol. The van der Waals surface area contributed by atoms with Gasteiger partial charge in [-0.1, -0.05) is 11.2 Å². The van der Waals surface area contributed by atoms with Crippen molar-refractivity contribution in [3.63, 3.8) is 0 Å². The Balaban J connectivity index is 1.76. The first kappa shape index (κ1) is 13.7. The van der Waals surface area contributed by atoms with Gasteiger partial charge in [0.15, 0.2) is 0 Å². The topological polar surface area (TPSA) is 56.7 Å². The normalized spacial score (nSPS) is 11.3. The first-order chi connectivity index (χ1) is 11.1. The average Bonchev–Trinajstić information content (AvgIpc) is 3.17. The standard InChI is InChI=1S/C18H16N4O/c1-11-4-5-14(8-12(11)2)18-20-17(21-23-18)13-6-7-15-16(9-13)22(3)10-19-15/h4-10H,1-3H3. The summed E-state index contributed by atoms with van der Waals surface area (Å²) in [5, 5.41) is 4.12. The predicted molar refractivity (Wildman–Crippen MR) is 88.9 cm³/mol. The van der Waals surface area contributed by atoms with Crippen LogP contribution in [0.2, 0.25) is 0 Å². The van der Waals surface area contributed by atoms with Crippen LogP contribution in [0.5, 0.6) is 0 Å². The molecule has 0 bridgehead atoms. The van der Waals surface area contributed by atoms with Crippen LogP contribution in [-0.4, -0.2) is 19.7 Å². The summed E-state index contributed by atoms with van der Waals surface area (Å²) in [5.41, 5.74) is 6.30. The number of imidazole rings is 1. The Labute approximate surface area is 133 Å². The van der Waals surface area contributed by atoms with E-state index in [0.717, 1.165) is 22.2 Å². The Bertz CT molecular complexity index is 1010. The lowest BCUT2D eigenvalue weighted by molar-refractivity contribution is 0.432. The van der Waals surface area contributed by atoms with Gasteiger partial charge in [0.2, 0.25) is 5.82 Å². The van der Waals surface area contributed by atoms with Gasteiger partial charge in [0, 0.05) is 18.2 Å². The molecule has 0 aliphatic rings. The van der Waals surface area contributed by atoms with Crippen LogP contribution < -0.4 is 0 Å². The molecular formula is C18H16N4O. The lowest BCUT2D eigenvalue weighted by Gasteiger charge is -2.00. The number of benzene rings is 2. The highest BCUT2D eigenvalue weighted by molar-refractivity contribution is 5.80. The van der Waals surface area contributed by atoms with Crippen molar-refractivity contribution in [3.05, 3.63) is 53.9 Å². The van der Waals surface area contributed by atoms with Crippen LogP contribution in [0.15, 0.2) is 47.2 Å². The molecule has 0 radical (unpaired) electrons. The lowest BCUT2D eigenvalue weighted by atomic mass is 10.1. The average molecular weight is 304 g/mol. The lowest BCUT2D eigenvalue weighted by Crippen LogP contribution is -1.86. The van der Waals surface area contributed by atoms with Gasteiger partial charge in [-0.05, 0) is 55.3 Å². The Hall–Kier alpha value is -2.95. The number of aryl methyl sites for hydroxylation is 3. The minimum Gasteiger partial charge on any atom is -0.334 e. The van der Waals surface area contributed by atoms with E-state index in [1.807, 2.05) is 35.9 Å². The highest BCUT2D eigenvalue weighted by Crippen LogP contribution is 2.25. The molecule has 0 aliphatic carbocycles. The first-order valence-corrected chi connectivity index (χ1v) is 7.44. The highest BCUT2D eigenvalue weighted by atomic mass is 16.5. The second kappa shape index (κ2) is 5.05. The fourth-order valence-electron chi connectivity index (χ4n) is 2.60. The van der Waals surface area contributed by atoms with E-state index in [1.165, 1.54) is 11.1 Å². The molecular weight excluding hydrogens is 288 g/mol. The van der Waals surface area contributed by atoms with Crippen molar-refractivity contribution in [2.24, 2.45) is 7.05 Å². The summed E-state index contributed by atoms with van der Waals surface area (Å²) in [6, 6.07) is 12.1.